The van der Waals surface area contributed by atoms with Gasteiger partial charge < -0.3 is 25.6 Å². The summed E-state index contributed by atoms with van der Waals surface area (Å²) in [6, 6.07) is 19.3. The topological polar surface area (TPSA) is 120 Å². The number of ether oxygens (including phenoxy) is 1. The van der Waals surface area contributed by atoms with Crippen molar-refractivity contribution < 1.29 is 9.53 Å². The van der Waals surface area contributed by atoms with E-state index >= 15 is 0 Å². The van der Waals surface area contributed by atoms with E-state index in [1.165, 1.54) is 6.33 Å². The summed E-state index contributed by atoms with van der Waals surface area (Å²) in [5.41, 5.74) is 8.02. The summed E-state index contributed by atoms with van der Waals surface area (Å²) in [4.78, 5) is 25.1. The molecule has 0 bridgehead atoms. The second-order valence-electron chi connectivity index (χ2n) is 9.20. The first kappa shape index (κ1) is 25.7. The van der Waals surface area contributed by atoms with Crippen molar-refractivity contribution in [1.29, 1.82) is 5.26 Å². The van der Waals surface area contributed by atoms with Crippen molar-refractivity contribution in [1.82, 2.24) is 19.8 Å². The van der Waals surface area contributed by atoms with Gasteiger partial charge in [-0.15, -0.1) is 0 Å². The number of hydrogen-bond acceptors (Lipinski definition) is 8. The number of carbonyl (C=O) groups is 1. The average Bonchev–Trinajstić information content (AvgIpc) is 3.38. The number of nitrogens with two attached hydrogens (primary N) is 1. The maximum atomic E-state index is 12.8. The highest BCUT2D eigenvalue weighted by atomic mass is 16.5. The van der Waals surface area contributed by atoms with Gasteiger partial charge in [-0.2, -0.15) is 5.26 Å². The van der Waals surface area contributed by atoms with Crippen LogP contribution < -0.4 is 15.8 Å². The zero-order chi connectivity index (χ0) is 26.2. The Kier molecular flexibility index (Phi) is 8.33. The van der Waals surface area contributed by atoms with Crippen LogP contribution in [-0.4, -0.2) is 65.9 Å². The summed E-state index contributed by atoms with van der Waals surface area (Å²) in [5.74, 6) is 2.51. The largest absolute Gasteiger partial charge is 0.457 e. The molecule has 2 heterocycles. The zero-order valence-electron chi connectivity index (χ0n) is 21.1. The number of benzene rings is 2. The number of nitriles is 1. The fourth-order valence-electron chi connectivity index (χ4n) is 4.18. The van der Waals surface area contributed by atoms with Gasteiger partial charge in [0, 0.05) is 26.2 Å². The Balaban J connectivity index is 1.40. The van der Waals surface area contributed by atoms with Crippen LogP contribution in [0.25, 0.3) is 11.1 Å². The number of aromatic nitrogens is 2. The fourth-order valence-corrected chi connectivity index (χ4v) is 4.18. The lowest BCUT2D eigenvalue weighted by Gasteiger charge is -2.18. The molecular formula is C28H31N7O2. The van der Waals surface area contributed by atoms with E-state index < -0.39 is 0 Å². The Bertz CT molecular complexity index is 1280. The van der Waals surface area contributed by atoms with Crippen LogP contribution in [0.3, 0.4) is 0 Å². The number of hydrogen-bond donors (Lipinski definition) is 2. The number of nitrogens with one attached hydrogen (secondary N) is 1. The van der Waals surface area contributed by atoms with Gasteiger partial charge in [-0.25, -0.2) is 9.97 Å². The highest BCUT2D eigenvalue weighted by Gasteiger charge is 2.28. The number of rotatable bonds is 9. The minimum absolute atomic E-state index is 0.188. The molecule has 1 aliphatic rings. The van der Waals surface area contributed by atoms with Gasteiger partial charge >= 0.3 is 0 Å². The van der Waals surface area contributed by atoms with Gasteiger partial charge in [-0.3, -0.25) is 4.79 Å². The first-order valence-electron chi connectivity index (χ1n) is 12.2. The Labute approximate surface area is 217 Å². The average molecular weight is 498 g/mol. The summed E-state index contributed by atoms with van der Waals surface area (Å²) in [7, 11) is 3.79. The molecule has 1 saturated heterocycles. The van der Waals surface area contributed by atoms with E-state index in [4.69, 9.17) is 10.5 Å². The summed E-state index contributed by atoms with van der Waals surface area (Å²) in [6.07, 6.45) is 3.96. The van der Waals surface area contributed by atoms with Crippen LogP contribution in [0.15, 0.2) is 72.6 Å². The quantitative estimate of drug-likeness (QED) is 0.338. The van der Waals surface area contributed by atoms with Gasteiger partial charge in [0.05, 0.1) is 5.56 Å². The fraction of sp³-hybridized carbons (Fsp3) is 0.286. The third-order valence-corrected chi connectivity index (χ3v) is 6.14. The molecule has 1 aromatic heterocycles. The number of carbonyl (C=O) groups excluding carboxylic acids is 1. The van der Waals surface area contributed by atoms with E-state index in [0.29, 0.717) is 43.6 Å². The molecule has 0 radical (unpaired) electrons. The third-order valence-electron chi connectivity index (χ3n) is 6.14. The van der Waals surface area contributed by atoms with Gasteiger partial charge in [0.15, 0.2) is 0 Å². The number of likely N-dealkylation sites (tertiary alicyclic amines) is 1. The number of nitrogens with zero attached hydrogens (tertiary/aromatic N) is 5. The molecule has 0 aliphatic carbocycles. The molecular weight excluding hydrogens is 466 g/mol. The van der Waals surface area contributed by atoms with Crippen LogP contribution in [0, 0.1) is 17.2 Å². The lowest BCUT2D eigenvalue weighted by Crippen LogP contribution is -2.31. The maximum absolute atomic E-state index is 12.8. The summed E-state index contributed by atoms with van der Waals surface area (Å²) < 4.78 is 5.89. The van der Waals surface area contributed by atoms with Crippen molar-refractivity contribution in [2.75, 3.05) is 51.3 Å². The van der Waals surface area contributed by atoms with Crippen LogP contribution in [0.4, 0.5) is 11.6 Å². The minimum atomic E-state index is -0.211. The standard InChI is InChI=1S/C28H31N7O2/c1-34(2)14-13-22(16-29)28(36)35-15-12-20(18-35)17-31-27-25(26(30)32-19-33-27)21-8-10-24(11-9-21)37-23-6-4-3-5-7-23/h3-11,13,19-20H,12,14-15,17-18H2,1-2H3,(H3,30,31,32,33)/b22-13+/t20-/m1/s1. The van der Waals surface area contributed by atoms with Gasteiger partial charge in [-0.1, -0.05) is 30.3 Å². The predicted octanol–water partition coefficient (Wildman–Crippen LogP) is 3.79. The van der Waals surface area contributed by atoms with Crippen LogP contribution in [0.1, 0.15) is 6.42 Å². The number of para-hydroxylation sites is 1. The molecule has 2 aromatic carbocycles. The molecule has 1 fully saturated rings. The summed E-state index contributed by atoms with van der Waals surface area (Å²) >= 11 is 0. The van der Waals surface area contributed by atoms with E-state index in [1.54, 1.807) is 11.0 Å². The summed E-state index contributed by atoms with van der Waals surface area (Å²) in [5, 5.41) is 12.8. The predicted molar refractivity (Wildman–Crippen MR) is 144 cm³/mol. The lowest BCUT2D eigenvalue weighted by molar-refractivity contribution is -0.125. The van der Waals surface area contributed by atoms with Crippen LogP contribution >= 0.6 is 0 Å². The third kappa shape index (κ3) is 6.63. The molecule has 190 valence electrons. The lowest BCUT2D eigenvalue weighted by atomic mass is 10.1. The van der Waals surface area contributed by atoms with Gasteiger partial charge in [0.2, 0.25) is 0 Å². The summed E-state index contributed by atoms with van der Waals surface area (Å²) in [6.45, 7) is 2.36. The van der Waals surface area contributed by atoms with Crippen LogP contribution in [0.2, 0.25) is 0 Å². The van der Waals surface area contributed by atoms with Crippen molar-refractivity contribution in [3.05, 3.63) is 72.6 Å². The minimum Gasteiger partial charge on any atom is -0.457 e. The molecule has 3 N–H and O–H groups in total. The van der Waals surface area contributed by atoms with Crippen molar-refractivity contribution >= 4 is 17.5 Å². The number of nitrogen functional groups attached to an aromatic ring is 1. The van der Waals surface area contributed by atoms with E-state index in [1.807, 2.05) is 79.7 Å². The first-order chi connectivity index (χ1) is 17.9. The first-order valence-corrected chi connectivity index (χ1v) is 12.2. The molecule has 37 heavy (non-hydrogen) atoms. The van der Waals surface area contributed by atoms with E-state index in [9.17, 15) is 10.1 Å². The van der Waals surface area contributed by atoms with E-state index in [-0.39, 0.29) is 17.4 Å². The van der Waals surface area contributed by atoms with Crippen molar-refractivity contribution in [2.24, 2.45) is 5.92 Å². The Hall–Kier alpha value is -4.42. The molecule has 9 nitrogen and oxygen atoms in total. The molecule has 9 heteroatoms. The molecule has 0 saturated carbocycles. The molecule has 3 aromatic rings. The monoisotopic (exact) mass is 497 g/mol. The SMILES string of the molecule is CN(C)C/C=C(\C#N)C(=O)N1CC[C@H](CNc2ncnc(N)c2-c2ccc(Oc3ccccc3)cc2)C1. The molecule has 0 unspecified atom stereocenters. The Morgan fingerprint density at radius 2 is 1.92 bits per heavy atom. The molecule has 0 spiro atoms. The van der Waals surface area contributed by atoms with Crippen molar-refractivity contribution in [2.45, 2.75) is 6.42 Å². The molecule has 1 aliphatic heterocycles. The normalized spacial score (nSPS) is 15.5. The van der Waals surface area contributed by atoms with Crippen molar-refractivity contribution in [3.8, 4) is 28.7 Å². The van der Waals surface area contributed by atoms with Gasteiger partial charge in [-0.05, 0) is 62.3 Å². The Morgan fingerprint density at radius 1 is 1.19 bits per heavy atom. The zero-order valence-corrected chi connectivity index (χ0v) is 21.1. The number of likely N-dealkylation sites (N-methyl/N-ethyl adjacent to an activating group) is 1. The van der Waals surface area contributed by atoms with Gasteiger partial charge in [0.25, 0.3) is 5.91 Å². The second-order valence-corrected chi connectivity index (χ2v) is 9.20. The van der Waals surface area contributed by atoms with Crippen LogP contribution in [0.5, 0.6) is 11.5 Å². The van der Waals surface area contributed by atoms with E-state index in [2.05, 4.69) is 15.3 Å². The van der Waals surface area contributed by atoms with Crippen LogP contribution in [-0.2, 0) is 4.79 Å². The molecule has 1 amide bonds. The number of amides is 1. The molecule has 4 rings (SSSR count). The van der Waals surface area contributed by atoms with E-state index in [0.717, 1.165) is 23.3 Å². The highest BCUT2D eigenvalue weighted by Crippen LogP contribution is 2.33. The van der Waals surface area contributed by atoms with Gasteiger partial charge in [0.1, 0.15) is 41.1 Å². The number of anilines is 2. The molecule has 1 atom stereocenters. The highest BCUT2D eigenvalue weighted by molar-refractivity contribution is 5.97. The smallest absolute Gasteiger partial charge is 0.264 e. The second kappa shape index (κ2) is 12.0. The Morgan fingerprint density at radius 3 is 2.62 bits per heavy atom. The van der Waals surface area contributed by atoms with Crippen molar-refractivity contribution in [3.63, 3.8) is 0 Å². The maximum Gasteiger partial charge on any atom is 0.264 e.